The maximum Gasteiger partial charge on any atom is 0.319 e. The van der Waals surface area contributed by atoms with E-state index in [0.717, 1.165) is 30.6 Å². The number of nitrogens with one attached hydrogen (secondary N) is 2. The minimum atomic E-state index is -0.773. The third-order valence-electron chi connectivity index (χ3n) is 5.12. The number of amides is 2. The van der Waals surface area contributed by atoms with Gasteiger partial charge in [-0.25, -0.2) is 4.79 Å². The fraction of sp³-hybridized carbons (Fsp3) is 0.579. The highest BCUT2D eigenvalue weighted by molar-refractivity contribution is 5.90. The van der Waals surface area contributed by atoms with Crippen molar-refractivity contribution in [3.8, 4) is 0 Å². The van der Waals surface area contributed by atoms with E-state index in [1.807, 2.05) is 32.0 Å². The lowest BCUT2D eigenvalue weighted by Crippen LogP contribution is -2.55. The minimum absolute atomic E-state index is 0.0998. The number of carbonyl (C=O) groups excluding carboxylic acids is 1. The molecule has 25 heavy (non-hydrogen) atoms. The van der Waals surface area contributed by atoms with Crippen molar-refractivity contribution in [2.75, 3.05) is 18.4 Å². The lowest BCUT2D eigenvalue weighted by atomic mass is 9.85. The first kappa shape index (κ1) is 17.7. The Labute approximate surface area is 148 Å². The van der Waals surface area contributed by atoms with Gasteiger partial charge in [-0.3, -0.25) is 9.69 Å². The number of carboxylic acids is 1. The predicted molar refractivity (Wildman–Crippen MR) is 96.8 cm³/mol. The highest BCUT2D eigenvalue weighted by Crippen LogP contribution is 2.33. The molecule has 2 saturated carbocycles. The average molecular weight is 345 g/mol. The van der Waals surface area contributed by atoms with Crippen LogP contribution in [0.25, 0.3) is 0 Å². The zero-order valence-electron chi connectivity index (χ0n) is 14.9. The molecule has 0 heterocycles. The summed E-state index contributed by atoms with van der Waals surface area (Å²) in [6, 6.07) is 6.12. The number of aliphatic carboxylic acids is 1. The fourth-order valence-corrected chi connectivity index (χ4v) is 3.45. The van der Waals surface area contributed by atoms with Gasteiger partial charge in [0, 0.05) is 24.3 Å². The normalized spacial score (nSPS) is 22.4. The Hall–Kier alpha value is -2.08. The number of rotatable bonds is 7. The molecule has 136 valence electrons. The van der Waals surface area contributed by atoms with Gasteiger partial charge >= 0.3 is 12.0 Å². The third-order valence-corrected chi connectivity index (χ3v) is 5.12. The molecule has 0 spiro atoms. The topological polar surface area (TPSA) is 81.7 Å². The molecule has 3 rings (SSSR count). The van der Waals surface area contributed by atoms with Crippen LogP contribution in [0.5, 0.6) is 0 Å². The van der Waals surface area contributed by atoms with Crippen LogP contribution < -0.4 is 10.6 Å². The Balaban J connectivity index is 1.45. The summed E-state index contributed by atoms with van der Waals surface area (Å²) >= 11 is 0. The van der Waals surface area contributed by atoms with Gasteiger partial charge in [-0.2, -0.15) is 0 Å². The van der Waals surface area contributed by atoms with Gasteiger partial charge in [-0.05, 0) is 57.1 Å². The second kappa shape index (κ2) is 7.44. The number of carbonyl (C=O) groups is 2. The van der Waals surface area contributed by atoms with Crippen molar-refractivity contribution in [2.45, 2.75) is 51.6 Å². The van der Waals surface area contributed by atoms with E-state index >= 15 is 0 Å². The summed E-state index contributed by atoms with van der Waals surface area (Å²) in [7, 11) is 0. The van der Waals surface area contributed by atoms with E-state index in [4.69, 9.17) is 5.11 Å². The first-order valence-electron chi connectivity index (χ1n) is 9.01. The highest BCUT2D eigenvalue weighted by atomic mass is 16.4. The van der Waals surface area contributed by atoms with Crippen molar-refractivity contribution in [3.63, 3.8) is 0 Å². The SMILES string of the molecule is Cc1ccc(NC(=O)NC2CC(N(CC(=O)O)CC3CC3)C2)c(C)c1. The zero-order chi connectivity index (χ0) is 18.0. The number of anilines is 1. The number of carboxylic acid groups (broad SMARTS) is 1. The highest BCUT2D eigenvalue weighted by Gasteiger charge is 2.37. The van der Waals surface area contributed by atoms with Crippen LogP contribution in [0.3, 0.4) is 0 Å². The zero-order valence-corrected chi connectivity index (χ0v) is 14.9. The molecule has 3 N–H and O–H groups in total. The molecule has 1 aromatic carbocycles. The second-order valence-corrected chi connectivity index (χ2v) is 7.51. The third kappa shape index (κ3) is 4.95. The molecule has 2 aliphatic rings. The maximum atomic E-state index is 12.2. The Morgan fingerprint density at radius 2 is 1.96 bits per heavy atom. The van der Waals surface area contributed by atoms with Gasteiger partial charge in [-0.15, -0.1) is 0 Å². The summed E-state index contributed by atoms with van der Waals surface area (Å²) in [4.78, 5) is 25.3. The number of hydrogen-bond donors (Lipinski definition) is 3. The van der Waals surface area contributed by atoms with Crippen molar-refractivity contribution in [2.24, 2.45) is 5.92 Å². The molecule has 2 aliphatic carbocycles. The summed E-state index contributed by atoms with van der Waals surface area (Å²) in [5, 5.41) is 15.0. The van der Waals surface area contributed by atoms with Gasteiger partial charge in [0.25, 0.3) is 0 Å². The molecule has 6 nitrogen and oxygen atoms in total. The molecular formula is C19H27N3O3. The first-order valence-corrected chi connectivity index (χ1v) is 9.01. The standard InChI is InChI=1S/C19H27N3O3/c1-12-3-6-17(13(2)7-12)21-19(25)20-15-8-16(9-15)22(11-18(23)24)10-14-4-5-14/h3,6-7,14-16H,4-5,8-11H2,1-2H3,(H,23,24)(H2,20,21,25). The van der Waals surface area contributed by atoms with Crippen LogP contribution in [-0.2, 0) is 4.79 Å². The summed E-state index contributed by atoms with van der Waals surface area (Å²) in [5.74, 6) is -0.108. The Kier molecular flexibility index (Phi) is 5.27. The summed E-state index contributed by atoms with van der Waals surface area (Å²) in [6.07, 6.45) is 4.06. The lowest BCUT2D eigenvalue weighted by molar-refractivity contribution is -0.139. The average Bonchev–Trinajstić information content (AvgIpc) is 3.28. The van der Waals surface area contributed by atoms with E-state index < -0.39 is 5.97 Å². The Bertz CT molecular complexity index is 651. The van der Waals surface area contributed by atoms with E-state index in [0.29, 0.717) is 5.92 Å². The van der Waals surface area contributed by atoms with Gasteiger partial charge in [0.1, 0.15) is 0 Å². The fourth-order valence-electron chi connectivity index (χ4n) is 3.45. The molecule has 6 heteroatoms. The van der Waals surface area contributed by atoms with E-state index in [-0.39, 0.29) is 24.7 Å². The van der Waals surface area contributed by atoms with Gasteiger partial charge < -0.3 is 15.7 Å². The van der Waals surface area contributed by atoms with Crippen molar-refractivity contribution in [3.05, 3.63) is 29.3 Å². The summed E-state index contributed by atoms with van der Waals surface area (Å²) < 4.78 is 0. The number of hydrogen-bond acceptors (Lipinski definition) is 3. The molecule has 2 fully saturated rings. The van der Waals surface area contributed by atoms with Crippen LogP contribution in [0.4, 0.5) is 10.5 Å². The summed E-state index contributed by atoms with van der Waals surface area (Å²) in [5.41, 5.74) is 3.03. The predicted octanol–water partition coefficient (Wildman–Crippen LogP) is 2.75. The molecule has 0 aliphatic heterocycles. The van der Waals surface area contributed by atoms with Crippen LogP contribution in [0.15, 0.2) is 18.2 Å². The quantitative estimate of drug-likeness (QED) is 0.710. The Morgan fingerprint density at radius 1 is 1.24 bits per heavy atom. The molecule has 2 amide bonds. The molecule has 0 unspecified atom stereocenters. The molecular weight excluding hydrogens is 318 g/mol. The van der Waals surface area contributed by atoms with Crippen LogP contribution in [0.2, 0.25) is 0 Å². The second-order valence-electron chi connectivity index (χ2n) is 7.51. The molecule has 1 aromatic rings. The maximum absolute atomic E-state index is 12.2. The van der Waals surface area contributed by atoms with E-state index in [1.54, 1.807) is 0 Å². The van der Waals surface area contributed by atoms with Crippen LogP contribution in [-0.4, -0.2) is 47.2 Å². The summed E-state index contributed by atoms with van der Waals surface area (Å²) in [6.45, 7) is 4.97. The largest absolute Gasteiger partial charge is 0.480 e. The van der Waals surface area contributed by atoms with Crippen LogP contribution >= 0.6 is 0 Å². The van der Waals surface area contributed by atoms with Gasteiger partial charge in [0.2, 0.25) is 0 Å². The van der Waals surface area contributed by atoms with Gasteiger partial charge in [0.15, 0.2) is 0 Å². The van der Waals surface area contributed by atoms with E-state index in [1.165, 1.54) is 18.4 Å². The monoisotopic (exact) mass is 345 g/mol. The number of urea groups is 1. The molecule has 0 atom stereocenters. The van der Waals surface area contributed by atoms with E-state index in [2.05, 4.69) is 15.5 Å². The minimum Gasteiger partial charge on any atom is -0.480 e. The molecule has 0 bridgehead atoms. The molecule has 0 aromatic heterocycles. The van der Waals surface area contributed by atoms with Crippen molar-refractivity contribution < 1.29 is 14.7 Å². The van der Waals surface area contributed by atoms with Crippen molar-refractivity contribution >= 4 is 17.7 Å². The number of aryl methyl sites for hydroxylation is 2. The van der Waals surface area contributed by atoms with Crippen molar-refractivity contribution in [1.29, 1.82) is 0 Å². The van der Waals surface area contributed by atoms with Crippen molar-refractivity contribution in [1.82, 2.24) is 10.2 Å². The van der Waals surface area contributed by atoms with E-state index in [9.17, 15) is 9.59 Å². The number of nitrogens with zero attached hydrogens (tertiary/aromatic N) is 1. The first-order chi connectivity index (χ1) is 11.9. The van der Waals surface area contributed by atoms with Gasteiger partial charge in [-0.1, -0.05) is 17.7 Å². The van der Waals surface area contributed by atoms with Crippen LogP contribution in [0, 0.1) is 19.8 Å². The lowest BCUT2D eigenvalue weighted by Gasteiger charge is -2.42. The number of benzene rings is 1. The van der Waals surface area contributed by atoms with Crippen LogP contribution in [0.1, 0.15) is 36.8 Å². The van der Waals surface area contributed by atoms with Gasteiger partial charge in [0.05, 0.1) is 6.54 Å². The Morgan fingerprint density at radius 3 is 2.56 bits per heavy atom. The smallest absolute Gasteiger partial charge is 0.319 e. The molecule has 0 radical (unpaired) electrons. The molecule has 0 saturated heterocycles.